The molecule has 0 saturated carbocycles. The molecule has 1 aliphatic heterocycles. The Morgan fingerprint density at radius 3 is 2.64 bits per heavy atom. The van der Waals surface area contributed by atoms with Gasteiger partial charge in [-0.1, -0.05) is 18.6 Å². The Bertz CT molecular complexity index is 160. The topological polar surface area (TPSA) is 15.3 Å². The van der Waals surface area contributed by atoms with Gasteiger partial charge in [-0.3, -0.25) is 0 Å². The highest BCUT2D eigenvalue weighted by molar-refractivity contribution is 4.81. The number of piperidine rings is 1. The van der Waals surface area contributed by atoms with Crippen LogP contribution in [0.4, 0.5) is 0 Å². The normalized spacial score (nSPS) is 21.6. The van der Waals surface area contributed by atoms with Crippen LogP contribution in [-0.2, 0) is 0 Å². The number of hydrogen-bond donors (Lipinski definition) is 1. The van der Waals surface area contributed by atoms with Gasteiger partial charge in [-0.15, -0.1) is 0 Å². The van der Waals surface area contributed by atoms with E-state index >= 15 is 0 Å². The van der Waals surface area contributed by atoms with Crippen molar-refractivity contribution < 1.29 is 0 Å². The van der Waals surface area contributed by atoms with Gasteiger partial charge < -0.3 is 10.2 Å². The Hall–Kier alpha value is -0.340. The number of rotatable bonds is 5. The molecule has 1 heterocycles. The monoisotopic (exact) mass is 196 g/mol. The maximum absolute atomic E-state index is 3.50. The minimum absolute atomic E-state index is 0.615. The van der Waals surface area contributed by atoms with Gasteiger partial charge in [-0.05, 0) is 39.8 Å². The quantitative estimate of drug-likeness (QED) is 0.677. The van der Waals surface area contributed by atoms with Crippen LogP contribution >= 0.6 is 0 Å². The first-order valence-electron chi connectivity index (χ1n) is 5.90. The molecule has 1 saturated heterocycles. The van der Waals surface area contributed by atoms with Gasteiger partial charge in [-0.2, -0.15) is 0 Å². The summed E-state index contributed by atoms with van der Waals surface area (Å²) in [5.74, 6) is 0. The molecule has 0 radical (unpaired) electrons. The number of nitrogens with one attached hydrogen (secondary N) is 1. The van der Waals surface area contributed by atoms with E-state index in [0.29, 0.717) is 6.04 Å². The first kappa shape index (κ1) is 11.7. The second-order valence-electron chi connectivity index (χ2n) is 4.24. The Kier molecular flexibility index (Phi) is 5.88. The molecule has 1 unspecified atom stereocenters. The highest BCUT2D eigenvalue weighted by atomic mass is 15.1. The fourth-order valence-corrected chi connectivity index (χ4v) is 1.98. The Labute approximate surface area is 88.4 Å². The van der Waals surface area contributed by atoms with Crippen molar-refractivity contribution in [3.63, 3.8) is 0 Å². The Balaban J connectivity index is 2.08. The third-order valence-electron chi connectivity index (χ3n) is 2.80. The molecule has 1 aliphatic rings. The van der Waals surface area contributed by atoms with Gasteiger partial charge in [0, 0.05) is 19.1 Å². The number of likely N-dealkylation sites (tertiary alicyclic amines) is 1. The maximum Gasteiger partial charge on any atom is 0.0169 e. The highest BCUT2D eigenvalue weighted by Crippen LogP contribution is 2.08. The number of hydrogen-bond acceptors (Lipinski definition) is 2. The molecule has 0 aliphatic carbocycles. The van der Waals surface area contributed by atoms with Gasteiger partial charge in [0.15, 0.2) is 0 Å². The van der Waals surface area contributed by atoms with Crippen LogP contribution in [0.5, 0.6) is 0 Å². The van der Waals surface area contributed by atoms with Crippen molar-refractivity contribution in [1.82, 2.24) is 10.2 Å². The van der Waals surface area contributed by atoms with Crippen LogP contribution in [0.25, 0.3) is 0 Å². The molecule has 14 heavy (non-hydrogen) atoms. The predicted octanol–water partition coefficient (Wildman–Crippen LogP) is 2.03. The maximum atomic E-state index is 3.50. The molecule has 0 spiro atoms. The van der Waals surface area contributed by atoms with E-state index in [0.717, 1.165) is 6.54 Å². The van der Waals surface area contributed by atoms with Gasteiger partial charge >= 0.3 is 0 Å². The summed E-state index contributed by atoms with van der Waals surface area (Å²) in [5.41, 5.74) is 0. The molecule has 0 aromatic heterocycles. The fourth-order valence-electron chi connectivity index (χ4n) is 1.98. The molecular formula is C12H24N2. The summed E-state index contributed by atoms with van der Waals surface area (Å²) in [4.78, 5) is 2.58. The van der Waals surface area contributed by atoms with E-state index in [1.165, 1.54) is 38.9 Å². The molecule has 1 N–H and O–H groups in total. The van der Waals surface area contributed by atoms with E-state index < -0.39 is 0 Å². The van der Waals surface area contributed by atoms with Gasteiger partial charge in [0.1, 0.15) is 0 Å². The van der Waals surface area contributed by atoms with Gasteiger partial charge in [0.25, 0.3) is 0 Å². The van der Waals surface area contributed by atoms with Crippen molar-refractivity contribution in [2.45, 2.75) is 39.2 Å². The molecule has 1 fully saturated rings. The molecule has 0 amide bonds. The molecule has 1 atom stereocenters. The first-order chi connectivity index (χ1) is 6.83. The number of nitrogens with zero attached hydrogens (tertiary/aromatic N) is 1. The van der Waals surface area contributed by atoms with Gasteiger partial charge in [0.05, 0.1) is 0 Å². The molecule has 2 heteroatoms. The van der Waals surface area contributed by atoms with Crippen molar-refractivity contribution in [3.05, 3.63) is 12.2 Å². The molecule has 0 aromatic rings. The summed E-state index contributed by atoms with van der Waals surface area (Å²) >= 11 is 0. The standard InChI is InChI=1S/C12H24N2/c1-3-4-8-13-12(2)11-14-9-6-5-7-10-14/h3-4,12-13H,5-11H2,1-2H3/b4-3+. The lowest BCUT2D eigenvalue weighted by Gasteiger charge is -2.29. The summed E-state index contributed by atoms with van der Waals surface area (Å²) in [5, 5.41) is 3.50. The van der Waals surface area contributed by atoms with Crippen molar-refractivity contribution in [3.8, 4) is 0 Å². The lowest BCUT2D eigenvalue weighted by molar-refractivity contribution is 0.210. The van der Waals surface area contributed by atoms with Crippen LogP contribution in [0.1, 0.15) is 33.1 Å². The van der Waals surface area contributed by atoms with Crippen molar-refractivity contribution in [2.75, 3.05) is 26.2 Å². The minimum atomic E-state index is 0.615. The zero-order valence-corrected chi connectivity index (χ0v) is 9.63. The van der Waals surface area contributed by atoms with E-state index in [1.54, 1.807) is 0 Å². The smallest absolute Gasteiger partial charge is 0.0169 e. The largest absolute Gasteiger partial charge is 0.310 e. The SMILES string of the molecule is C/C=C/CNC(C)CN1CCCCC1. The van der Waals surface area contributed by atoms with Crippen LogP contribution in [0.2, 0.25) is 0 Å². The van der Waals surface area contributed by atoms with E-state index in [4.69, 9.17) is 0 Å². The van der Waals surface area contributed by atoms with Crippen LogP contribution in [0.15, 0.2) is 12.2 Å². The lowest BCUT2D eigenvalue weighted by atomic mass is 10.1. The van der Waals surface area contributed by atoms with Crippen molar-refractivity contribution in [2.24, 2.45) is 0 Å². The fraction of sp³-hybridized carbons (Fsp3) is 0.833. The Morgan fingerprint density at radius 2 is 2.00 bits per heavy atom. The van der Waals surface area contributed by atoms with Crippen molar-refractivity contribution in [1.29, 1.82) is 0 Å². The molecule has 0 aromatic carbocycles. The third kappa shape index (κ3) is 4.77. The molecule has 82 valence electrons. The van der Waals surface area contributed by atoms with Crippen molar-refractivity contribution >= 4 is 0 Å². The van der Waals surface area contributed by atoms with E-state index in [2.05, 4.69) is 36.2 Å². The zero-order chi connectivity index (χ0) is 10.2. The number of allylic oxidation sites excluding steroid dienone is 1. The van der Waals surface area contributed by atoms with Crippen LogP contribution in [0.3, 0.4) is 0 Å². The Morgan fingerprint density at radius 1 is 1.29 bits per heavy atom. The van der Waals surface area contributed by atoms with Crippen LogP contribution < -0.4 is 5.32 Å². The minimum Gasteiger partial charge on any atom is -0.310 e. The van der Waals surface area contributed by atoms with Gasteiger partial charge in [0.2, 0.25) is 0 Å². The molecule has 1 rings (SSSR count). The second-order valence-corrected chi connectivity index (χ2v) is 4.24. The first-order valence-corrected chi connectivity index (χ1v) is 5.90. The summed E-state index contributed by atoms with van der Waals surface area (Å²) in [6.07, 6.45) is 8.48. The molecular weight excluding hydrogens is 172 g/mol. The van der Waals surface area contributed by atoms with Crippen LogP contribution in [0, 0.1) is 0 Å². The third-order valence-corrected chi connectivity index (χ3v) is 2.80. The average Bonchev–Trinajstić information content (AvgIpc) is 2.20. The van der Waals surface area contributed by atoms with Crippen LogP contribution in [-0.4, -0.2) is 37.1 Å². The molecule has 0 bridgehead atoms. The predicted molar refractivity (Wildman–Crippen MR) is 62.6 cm³/mol. The summed E-state index contributed by atoms with van der Waals surface area (Å²) < 4.78 is 0. The van der Waals surface area contributed by atoms with E-state index in [1.807, 2.05) is 0 Å². The zero-order valence-electron chi connectivity index (χ0n) is 9.63. The average molecular weight is 196 g/mol. The lowest BCUT2D eigenvalue weighted by Crippen LogP contribution is -2.41. The summed E-state index contributed by atoms with van der Waals surface area (Å²) in [7, 11) is 0. The summed E-state index contributed by atoms with van der Waals surface area (Å²) in [6, 6.07) is 0.615. The second kappa shape index (κ2) is 7.02. The summed E-state index contributed by atoms with van der Waals surface area (Å²) in [6.45, 7) is 9.16. The highest BCUT2D eigenvalue weighted by Gasteiger charge is 2.12. The molecule has 2 nitrogen and oxygen atoms in total. The van der Waals surface area contributed by atoms with Gasteiger partial charge in [-0.25, -0.2) is 0 Å². The van der Waals surface area contributed by atoms with E-state index in [9.17, 15) is 0 Å². The van der Waals surface area contributed by atoms with E-state index in [-0.39, 0.29) is 0 Å².